The fourth-order valence-corrected chi connectivity index (χ4v) is 2.81. The average molecular weight is 285 g/mol. The third-order valence-electron chi connectivity index (χ3n) is 3.00. The minimum atomic E-state index is 0.717. The first-order chi connectivity index (χ1) is 9.81. The number of methoxy groups -OCH3 is 1. The molecule has 0 saturated carbocycles. The first-order valence-electron chi connectivity index (χ1n) is 6.45. The molecule has 0 bridgehead atoms. The highest BCUT2D eigenvalue weighted by Crippen LogP contribution is 2.29. The van der Waals surface area contributed by atoms with Crippen molar-refractivity contribution in [3.8, 4) is 17.1 Å². The summed E-state index contributed by atoms with van der Waals surface area (Å²) in [6, 6.07) is 9.85. The molecule has 3 rings (SSSR count). The van der Waals surface area contributed by atoms with Crippen LogP contribution in [0.5, 0.6) is 5.75 Å². The molecule has 1 aromatic carbocycles. The van der Waals surface area contributed by atoms with Gasteiger partial charge in [-0.2, -0.15) is 0 Å². The van der Waals surface area contributed by atoms with Crippen LogP contribution in [-0.4, -0.2) is 23.6 Å². The molecule has 0 atom stereocenters. The summed E-state index contributed by atoms with van der Waals surface area (Å²) in [5.41, 5.74) is 0.957. The second kappa shape index (κ2) is 5.46. The van der Waals surface area contributed by atoms with E-state index in [4.69, 9.17) is 4.74 Å². The number of ether oxygens (including phenoxy) is 1. The Kier molecular flexibility index (Phi) is 3.52. The van der Waals surface area contributed by atoms with Gasteiger partial charge in [0.05, 0.1) is 12.5 Å². The summed E-state index contributed by atoms with van der Waals surface area (Å²) in [5.74, 6) is 2.41. The predicted octanol–water partition coefficient (Wildman–Crippen LogP) is 3.80. The SMILES string of the molecule is CCNc1nc(-c2cccc(OC)c2)nc2sccc12. The van der Waals surface area contributed by atoms with Gasteiger partial charge in [0.25, 0.3) is 0 Å². The number of hydrogen-bond donors (Lipinski definition) is 1. The Hall–Kier alpha value is -2.14. The highest BCUT2D eigenvalue weighted by atomic mass is 32.1. The van der Waals surface area contributed by atoms with E-state index < -0.39 is 0 Å². The summed E-state index contributed by atoms with van der Waals surface area (Å²) in [4.78, 5) is 10.3. The van der Waals surface area contributed by atoms with Crippen LogP contribution in [0.2, 0.25) is 0 Å². The van der Waals surface area contributed by atoms with E-state index >= 15 is 0 Å². The lowest BCUT2D eigenvalue weighted by Crippen LogP contribution is -2.02. The maximum atomic E-state index is 5.26. The van der Waals surface area contributed by atoms with Gasteiger partial charge in [0.1, 0.15) is 16.4 Å². The summed E-state index contributed by atoms with van der Waals surface area (Å²) in [6.45, 7) is 2.89. The number of hydrogen-bond acceptors (Lipinski definition) is 5. The maximum absolute atomic E-state index is 5.26. The molecule has 0 spiro atoms. The summed E-state index contributed by atoms with van der Waals surface area (Å²) in [6.07, 6.45) is 0. The topological polar surface area (TPSA) is 47.0 Å². The molecule has 0 fully saturated rings. The molecular formula is C15H15N3OS. The summed E-state index contributed by atoms with van der Waals surface area (Å²) in [7, 11) is 1.66. The van der Waals surface area contributed by atoms with E-state index in [0.29, 0.717) is 0 Å². The molecule has 5 heteroatoms. The van der Waals surface area contributed by atoms with Gasteiger partial charge in [0.15, 0.2) is 5.82 Å². The van der Waals surface area contributed by atoms with Crippen LogP contribution in [0.1, 0.15) is 6.92 Å². The first-order valence-corrected chi connectivity index (χ1v) is 7.33. The number of thiophene rings is 1. The predicted molar refractivity (Wildman–Crippen MR) is 83.6 cm³/mol. The third kappa shape index (κ3) is 2.32. The van der Waals surface area contributed by atoms with Gasteiger partial charge in [0.2, 0.25) is 0 Å². The van der Waals surface area contributed by atoms with E-state index in [1.54, 1.807) is 18.4 Å². The van der Waals surface area contributed by atoms with E-state index in [9.17, 15) is 0 Å². The Morgan fingerprint density at radius 3 is 2.95 bits per heavy atom. The minimum Gasteiger partial charge on any atom is -0.497 e. The molecule has 2 heterocycles. The Labute approximate surface area is 121 Å². The van der Waals surface area contributed by atoms with Crippen molar-refractivity contribution in [3.05, 3.63) is 35.7 Å². The fourth-order valence-electron chi connectivity index (χ4n) is 2.05. The minimum absolute atomic E-state index is 0.717. The molecule has 20 heavy (non-hydrogen) atoms. The Balaban J connectivity index is 2.14. The molecular weight excluding hydrogens is 270 g/mol. The number of fused-ring (bicyclic) bond motifs is 1. The van der Waals surface area contributed by atoms with E-state index in [-0.39, 0.29) is 0 Å². The summed E-state index contributed by atoms with van der Waals surface area (Å²) >= 11 is 1.62. The van der Waals surface area contributed by atoms with Crippen LogP contribution < -0.4 is 10.1 Å². The lowest BCUT2D eigenvalue weighted by atomic mass is 10.2. The lowest BCUT2D eigenvalue weighted by Gasteiger charge is -2.08. The molecule has 0 aliphatic heterocycles. The zero-order valence-electron chi connectivity index (χ0n) is 11.4. The van der Waals surface area contributed by atoms with Gasteiger partial charge in [-0.3, -0.25) is 0 Å². The second-order valence-electron chi connectivity index (χ2n) is 4.30. The molecule has 0 unspecified atom stereocenters. The van der Waals surface area contributed by atoms with E-state index in [1.165, 1.54) is 0 Å². The number of anilines is 1. The number of benzene rings is 1. The van der Waals surface area contributed by atoms with Crippen LogP contribution in [0, 0.1) is 0 Å². The van der Waals surface area contributed by atoms with Crippen molar-refractivity contribution in [2.24, 2.45) is 0 Å². The highest BCUT2D eigenvalue weighted by Gasteiger charge is 2.10. The average Bonchev–Trinajstić information content (AvgIpc) is 2.96. The lowest BCUT2D eigenvalue weighted by molar-refractivity contribution is 0.415. The number of rotatable bonds is 4. The van der Waals surface area contributed by atoms with Crippen molar-refractivity contribution in [2.45, 2.75) is 6.92 Å². The molecule has 1 N–H and O–H groups in total. The van der Waals surface area contributed by atoms with Gasteiger partial charge in [-0.15, -0.1) is 11.3 Å². The molecule has 0 amide bonds. The molecule has 4 nitrogen and oxygen atoms in total. The van der Waals surface area contributed by atoms with E-state index in [1.807, 2.05) is 35.7 Å². The maximum Gasteiger partial charge on any atom is 0.163 e. The molecule has 0 aliphatic rings. The Morgan fingerprint density at radius 2 is 2.15 bits per heavy atom. The molecule has 3 aromatic rings. The van der Waals surface area contributed by atoms with Crippen molar-refractivity contribution in [2.75, 3.05) is 19.0 Å². The number of aromatic nitrogens is 2. The summed E-state index contributed by atoms with van der Waals surface area (Å²) < 4.78 is 5.26. The zero-order valence-corrected chi connectivity index (χ0v) is 12.2. The number of nitrogens with one attached hydrogen (secondary N) is 1. The van der Waals surface area contributed by atoms with Crippen LogP contribution >= 0.6 is 11.3 Å². The molecule has 2 aromatic heterocycles. The van der Waals surface area contributed by atoms with Gasteiger partial charge in [-0.05, 0) is 30.5 Å². The van der Waals surface area contributed by atoms with Gasteiger partial charge >= 0.3 is 0 Å². The molecule has 0 saturated heterocycles. The van der Waals surface area contributed by atoms with Crippen molar-refractivity contribution in [3.63, 3.8) is 0 Å². The standard InChI is InChI=1S/C15H15N3OS/c1-3-16-14-12-7-8-20-15(12)18-13(17-14)10-5-4-6-11(9-10)19-2/h4-9H,3H2,1-2H3,(H,16,17,18). The number of nitrogens with zero attached hydrogens (tertiary/aromatic N) is 2. The summed E-state index contributed by atoms with van der Waals surface area (Å²) in [5, 5.41) is 6.41. The molecule has 0 aliphatic carbocycles. The van der Waals surface area contributed by atoms with E-state index in [0.717, 1.165) is 39.7 Å². The van der Waals surface area contributed by atoms with Gasteiger partial charge in [-0.25, -0.2) is 9.97 Å². The smallest absolute Gasteiger partial charge is 0.163 e. The van der Waals surface area contributed by atoms with Crippen LogP contribution in [0.25, 0.3) is 21.6 Å². The largest absolute Gasteiger partial charge is 0.497 e. The normalized spacial score (nSPS) is 10.7. The van der Waals surface area contributed by atoms with Gasteiger partial charge in [0, 0.05) is 12.1 Å². The molecule has 102 valence electrons. The second-order valence-corrected chi connectivity index (χ2v) is 5.19. The third-order valence-corrected chi connectivity index (χ3v) is 3.80. The monoisotopic (exact) mass is 285 g/mol. The quantitative estimate of drug-likeness (QED) is 0.792. The first kappa shape index (κ1) is 12.9. The molecule has 0 radical (unpaired) electrons. The van der Waals surface area contributed by atoms with Crippen molar-refractivity contribution < 1.29 is 4.74 Å². The fraction of sp³-hybridized carbons (Fsp3) is 0.200. The Bertz CT molecular complexity index is 739. The van der Waals surface area contributed by atoms with Crippen molar-refractivity contribution in [1.82, 2.24) is 9.97 Å². The van der Waals surface area contributed by atoms with Crippen LogP contribution in [0.4, 0.5) is 5.82 Å². The van der Waals surface area contributed by atoms with Gasteiger partial charge in [-0.1, -0.05) is 12.1 Å². The van der Waals surface area contributed by atoms with Crippen LogP contribution in [0.15, 0.2) is 35.7 Å². The van der Waals surface area contributed by atoms with Crippen LogP contribution in [0.3, 0.4) is 0 Å². The van der Waals surface area contributed by atoms with Gasteiger partial charge < -0.3 is 10.1 Å². The van der Waals surface area contributed by atoms with E-state index in [2.05, 4.69) is 22.2 Å². The van der Waals surface area contributed by atoms with Crippen molar-refractivity contribution >= 4 is 27.4 Å². The van der Waals surface area contributed by atoms with Crippen molar-refractivity contribution in [1.29, 1.82) is 0 Å². The van der Waals surface area contributed by atoms with Crippen LogP contribution in [-0.2, 0) is 0 Å². The highest BCUT2D eigenvalue weighted by molar-refractivity contribution is 7.16. The zero-order chi connectivity index (χ0) is 13.9. The Morgan fingerprint density at radius 1 is 1.25 bits per heavy atom.